The molecule has 3 nitrogen and oxygen atoms in total. The van der Waals surface area contributed by atoms with E-state index in [0.717, 1.165) is 0 Å². The molecule has 5 heteroatoms. The van der Waals surface area contributed by atoms with Crippen LogP contribution in [-0.2, 0) is 0 Å². The van der Waals surface area contributed by atoms with Gasteiger partial charge in [-0.15, -0.1) is 0 Å². The van der Waals surface area contributed by atoms with Crippen molar-refractivity contribution in [3.8, 4) is 11.3 Å². The third kappa shape index (κ3) is 1.92. The van der Waals surface area contributed by atoms with E-state index in [9.17, 15) is 4.79 Å². The first-order valence-electron chi connectivity index (χ1n) is 4.44. The van der Waals surface area contributed by atoms with E-state index in [2.05, 4.69) is 9.97 Å². The van der Waals surface area contributed by atoms with Gasteiger partial charge in [-0.25, -0.2) is 9.97 Å². The highest BCUT2D eigenvalue weighted by atomic mass is 35.5. The van der Waals surface area contributed by atoms with Crippen molar-refractivity contribution in [3.63, 3.8) is 0 Å². The first kappa shape index (κ1) is 11.0. The minimum Gasteiger partial charge on any atom is -0.298 e. The molecular formula is C11H6Cl2N2O. The van der Waals surface area contributed by atoms with Crippen LogP contribution in [0.5, 0.6) is 0 Å². The number of carbonyl (C=O) groups is 1. The Balaban J connectivity index is 2.69. The summed E-state index contributed by atoms with van der Waals surface area (Å²) < 4.78 is 0. The maximum atomic E-state index is 10.9. The van der Waals surface area contributed by atoms with Crippen LogP contribution in [0.4, 0.5) is 0 Å². The van der Waals surface area contributed by atoms with Crippen LogP contribution < -0.4 is 0 Å². The van der Waals surface area contributed by atoms with Crippen molar-refractivity contribution in [2.24, 2.45) is 0 Å². The van der Waals surface area contributed by atoms with Gasteiger partial charge in [0.2, 0.25) is 0 Å². The highest BCUT2D eigenvalue weighted by Crippen LogP contribution is 2.29. The van der Waals surface area contributed by atoms with Crippen molar-refractivity contribution < 1.29 is 4.79 Å². The van der Waals surface area contributed by atoms with Gasteiger partial charge in [-0.3, -0.25) is 4.79 Å². The lowest BCUT2D eigenvalue weighted by Crippen LogP contribution is -1.95. The predicted molar refractivity (Wildman–Crippen MR) is 62.9 cm³/mol. The van der Waals surface area contributed by atoms with Gasteiger partial charge < -0.3 is 0 Å². The molecule has 2 aromatic rings. The second-order valence-electron chi connectivity index (χ2n) is 3.02. The maximum absolute atomic E-state index is 10.9. The zero-order valence-corrected chi connectivity index (χ0v) is 9.53. The molecule has 0 N–H and O–H groups in total. The number of nitrogens with zero attached hydrogens (tertiary/aromatic N) is 2. The fourth-order valence-corrected chi connectivity index (χ4v) is 1.75. The van der Waals surface area contributed by atoms with Crippen LogP contribution in [0.15, 0.2) is 30.6 Å². The topological polar surface area (TPSA) is 42.9 Å². The van der Waals surface area contributed by atoms with Gasteiger partial charge in [-0.1, -0.05) is 41.4 Å². The number of aldehydes is 1. The Bertz CT molecular complexity index is 543. The number of halogens is 2. The molecular weight excluding hydrogens is 247 g/mol. The average Bonchev–Trinajstić information content (AvgIpc) is 2.29. The SMILES string of the molecule is O=Cc1c(Cl)ncnc1-c1ccccc1Cl. The zero-order chi connectivity index (χ0) is 11.5. The molecule has 0 aliphatic carbocycles. The minimum atomic E-state index is 0.125. The van der Waals surface area contributed by atoms with Gasteiger partial charge in [0.25, 0.3) is 0 Å². The molecule has 0 saturated heterocycles. The Morgan fingerprint density at radius 1 is 1.12 bits per heavy atom. The van der Waals surface area contributed by atoms with Crippen molar-refractivity contribution in [2.75, 3.05) is 0 Å². The standard InChI is InChI=1S/C11H6Cl2N2O/c12-9-4-2-1-3-7(9)10-8(5-16)11(13)15-6-14-10/h1-6H. The van der Waals surface area contributed by atoms with Crippen LogP contribution in [0.2, 0.25) is 10.2 Å². The number of benzene rings is 1. The first-order valence-corrected chi connectivity index (χ1v) is 5.20. The number of hydrogen-bond acceptors (Lipinski definition) is 3. The summed E-state index contributed by atoms with van der Waals surface area (Å²) in [5, 5.41) is 0.639. The normalized spacial score (nSPS) is 10.1. The average molecular weight is 253 g/mol. The molecule has 1 aromatic carbocycles. The maximum Gasteiger partial charge on any atom is 0.155 e. The summed E-state index contributed by atoms with van der Waals surface area (Å²) in [6.07, 6.45) is 1.93. The Kier molecular flexibility index (Phi) is 3.17. The van der Waals surface area contributed by atoms with E-state index in [1.807, 2.05) is 6.07 Å². The Morgan fingerprint density at radius 3 is 2.56 bits per heavy atom. The highest BCUT2D eigenvalue weighted by Gasteiger charge is 2.12. The lowest BCUT2D eigenvalue weighted by Gasteiger charge is -2.06. The lowest BCUT2D eigenvalue weighted by molar-refractivity contribution is 0.112. The van der Waals surface area contributed by atoms with Gasteiger partial charge in [0.15, 0.2) is 6.29 Å². The fourth-order valence-electron chi connectivity index (χ4n) is 1.35. The van der Waals surface area contributed by atoms with Crippen LogP contribution in [-0.4, -0.2) is 16.3 Å². The Hall–Kier alpha value is -1.45. The van der Waals surface area contributed by atoms with Crippen LogP contribution in [0.25, 0.3) is 11.3 Å². The van der Waals surface area contributed by atoms with Gasteiger partial charge in [-0.05, 0) is 6.07 Å². The largest absolute Gasteiger partial charge is 0.298 e. The van der Waals surface area contributed by atoms with Crippen LogP contribution in [0, 0.1) is 0 Å². The van der Waals surface area contributed by atoms with E-state index < -0.39 is 0 Å². The molecule has 1 heterocycles. The van der Waals surface area contributed by atoms with E-state index >= 15 is 0 Å². The monoisotopic (exact) mass is 252 g/mol. The van der Waals surface area contributed by atoms with Crippen molar-refractivity contribution in [3.05, 3.63) is 46.3 Å². The molecule has 0 atom stereocenters. The molecule has 0 aliphatic heterocycles. The van der Waals surface area contributed by atoms with Crippen LogP contribution in [0.3, 0.4) is 0 Å². The highest BCUT2D eigenvalue weighted by molar-refractivity contribution is 6.34. The Labute approximate surface area is 102 Å². The minimum absolute atomic E-state index is 0.125. The summed E-state index contributed by atoms with van der Waals surface area (Å²) >= 11 is 11.8. The number of rotatable bonds is 2. The third-order valence-electron chi connectivity index (χ3n) is 2.08. The van der Waals surface area contributed by atoms with Gasteiger partial charge in [0.05, 0.1) is 11.3 Å². The van der Waals surface area contributed by atoms with Crippen molar-refractivity contribution in [1.82, 2.24) is 9.97 Å². The number of carbonyl (C=O) groups excluding carboxylic acids is 1. The second kappa shape index (κ2) is 4.60. The first-order chi connectivity index (χ1) is 7.74. The fraction of sp³-hybridized carbons (Fsp3) is 0. The van der Waals surface area contributed by atoms with Gasteiger partial charge in [0.1, 0.15) is 11.5 Å². The molecule has 0 fully saturated rings. The molecule has 1 aromatic heterocycles. The molecule has 0 bridgehead atoms. The molecule has 0 radical (unpaired) electrons. The second-order valence-corrected chi connectivity index (χ2v) is 3.79. The van der Waals surface area contributed by atoms with E-state index in [1.54, 1.807) is 18.2 Å². The Morgan fingerprint density at radius 2 is 1.88 bits per heavy atom. The summed E-state index contributed by atoms with van der Waals surface area (Å²) in [5.41, 5.74) is 1.36. The molecule has 16 heavy (non-hydrogen) atoms. The van der Waals surface area contributed by atoms with Crippen LogP contribution >= 0.6 is 23.2 Å². The molecule has 0 unspecified atom stereocenters. The summed E-state index contributed by atoms with van der Waals surface area (Å²) in [6, 6.07) is 7.11. The zero-order valence-electron chi connectivity index (χ0n) is 8.02. The van der Waals surface area contributed by atoms with Crippen molar-refractivity contribution >= 4 is 29.5 Å². The van der Waals surface area contributed by atoms with E-state index in [4.69, 9.17) is 23.2 Å². The lowest BCUT2D eigenvalue weighted by atomic mass is 10.1. The molecule has 0 saturated carbocycles. The van der Waals surface area contributed by atoms with Gasteiger partial charge >= 0.3 is 0 Å². The summed E-state index contributed by atoms with van der Waals surface area (Å²) in [4.78, 5) is 18.7. The number of aromatic nitrogens is 2. The van der Waals surface area contributed by atoms with E-state index in [1.165, 1.54) is 6.33 Å². The molecule has 80 valence electrons. The molecule has 0 aliphatic rings. The summed E-state index contributed by atoms with van der Waals surface area (Å²) in [5.74, 6) is 0. The molecule has 0 spiro atoms. The molecule has 0 amide bonds. The third-order valence-corrected chi connectivity index (χ3v) is 2.71. The van der Waals surface area contributed by atoms with E-state index in [0.29, 0.717) is 22.6 Å². The number of hydrogen-bond donors (Lipinski definition) is 0. The van der Waals surface area contributed by atoms with Crippen molar-refractivity contribution in [1.29, 1.82) is 0 Å². The molecule has 2 rings (SSSR count). The van der Waals surface area contributed by atoms with Gasteiger partial charge in [0, 0.05) is 10.6 Å². The predicted octanol–water partition coefficient (Wildman–Crippen LogP) is 3.26. The summed E-state index contributed by atoms with van der Waals surface area (Å²) in [6.45, 7) is 0. The van der Waals surface area contributed by atoms with Crippen molar-refractivity contribution in [2.45, 2.75) is 0 Å². The smallest absolute Gasteiger partial charge is 0.155 e. The van der Waals surface area contributed by atoms with Gasteiger partial charge in [-0.2, -0.15) is 0 Å². The van der Waals surface area contributed by atoms with E-state index in [-0.39, 0.29) is 10.7 Å². The van der Waals surface area contributed by atoms with Crippen LogP contribution in [0.1, 0.15) is 10.4 Å². The quantitative estimate of drug-likeness (QED) is 0.609. The summed E-state index contributed by atoms with van der Waals surface area (Å²) in [7, 11) is 0.